The van der Waals surface area contributed by atoms with Crippen LogP contribution in [0.25, 0.3) is 0 Å². The van der Waals surface area contributed by atoms with Gasteiger partial charge in [-0.05, 0) is 36.7 Å². The topological polar surface area (TPSA) is 29.6 Å². The van der Waals surface area contributed by atoms with Crippen LogP contribution in [0.1, 0.15) is 45.4 Å². The van der Waals surface area contributed by atoms with Crippen molar-refractivity contribution in [1.82, 2.24) is 0 Å². The zero-order chi connectivity index (χ0) is 11.7. The molecular weight excluding hydrogens is 212 g/mol. The van der Waals surface area contributed by atoms with E-state index < -0.39 is 0 Å². The minimum absolute atomic E-state index is 0.155. The zero-order valence-electron chi connectivity index (χ0n) is 10.5. The molecule has 2 nitrogen and oxygen atoms in total. The van der Waals surface area contributed by atoms with Crippen LogP contribution in [0.5, 0.6) is 0 Å². The van der Waals surface area contributed by atoms with Crippen molar-refractivity contribution in [2.45, 2.75) is 51.0 Å². The summed E-state index contributed by atoms with van der Waals surface area (Å²) in [5.41, 5.74) is 0.920. The number of hydrogen-bond donors (Lipinski definition) is 0. The molecule has 0 radical (unpaired) electrons. The molecule has 0 N–H and O–H groups in total. The van der Waals surface area contributed by atoms with Crippen molar-refractivity contribution in [3.63, 3.8) is 0 Å². The molecular formula is C15H20O2. The number of Topliss-reactive ketones (excluding diaryl/α,β-unsaturated/α-hetero) is 1. The van der Waals surface area contributed by atoms with Crippen LogP contribution in [0.2, 0.25) is 0 Å². The first-order valence-corrected chi connectivity index (χ1v) is 7.08. The fraction of sp³-hybridized carbons (Fsp3) is 0.800. The fourth-order valence-electron chi connectivity index (χ4n) is 4.16. The fourth-order valence-corrected chi connectivity index (χ4v) is 4.16. The first-order chi connectivity index (χ1) is 8.17. The van der Waals surface area contributed by atoms with Gasteiger partial charge in [0.15, 0.2) is 11.4 Å². The zero-order valence-corrected chi connectivity index (χ0v) is 10.5. The molecule has 0 aromatic carbocycles. The van der Waals surface area contributed by atoms with Gasteiger partial charge in [-0.3, -0.25) is 4.79 Å². The highest BCUT2D eigenvalue weighted by Gasteiger charge is 2.75. The van der Waals surface area contributed by atoms with Gasteiger partial charge in [0.2, 0.25) is 0 Å². The van der Waals surface area contributed by atoms with E-state index in [4.69, 9.17) is 4.74 Å². The van der Waals surface area contributed by atoms with Crippen molar-refractivity contribution in [2.75, 3.05) is 6.61 Å². The lowest BCUT2D eigenvalue weighted by atomic mass is 9.72. The Morgan fingerprint density at radius 1 is 1.29 bits per heavy atom. The molecule has 0 aromatic rings. The number of fused-ring (bicyclic) bond motifs is 2. The van der Waals surface area contributed by atoms with Gasteiger partial charge in [-0.1, -0.05) is 32.3 Å². The minimum Gasteiger partial charge on any atom is -0.360 e. The van der Waals surface area contributed by atoms with Gasteiger partial charge in [0, 0.05) is 5.41 Å². The van der Waals surface area contributed by atoms with E-state index in [0.29, 0.717) is 24.2 Å². The van der Waals surface area contributed by atoms with Gasteiger partial charge in [-0.25, -0.2) is 0 Å². The monoisotopic (exact) mass is 232 g/mol. The minimum atomic E-state index is -0.376. The lowest BCUT2D eigenvalue weighted by Crippen LogP contribution is -2.40. The van der Waals surface area contributed by atoms with Crippen LogP contribution in [0.3, 0.4) is 0 Å². The van der Waals surface area contributed by atoms with Crippen molar-refractivity contribution in [1.29, 1.82) is 0 Å². The van der Waals surface area contributed by atoms with E-state index in [-0.39, 0.29) is 11.0 Å². The van der Waals surface area contributed by atoms with E-state index in [0.717, 1.165) is 12.0 Å². The van der Waals surface area contributed by atoms with Crippen LogP contribution in [0, 0.1) is 17.3 Å². The highest BCUT2D eigenvalue weighted by atomic mass is 16.6. The molecule has 0 amide bonds. The van der Waals surface area contributed by atoms with E-state index >= 15 is 0 Å². The van der Waals surface area contributed by atoms with Crippen LogP contribution in [-0.4, -0.2) is 18.0 Å². The van der Waals surface area contributed by atoms with Crippen molar-refractivity contribution < 1.29 is 9.53 Å². The van der Waals surface area contributed by atoms with Crippen molar-refractivity contribution in [3.05, 3.63) is 11.6 Å². The molecule has 0 aromatic heterocycles. The van der Waals surface area contributed by atoms with Gasteiger partial charge in [0.05, 0.1) is 6.61 Å². The number of hydrogen-bond acceptors (Lipinski definition) is 2. The Kier molecular flexibility index (Phi) is 1.84. The number of ketones is 1. The van der Waals surface area contributed by atoms with Gasteiger partial charge in [-0.15, -0.1) is 0 Å². The molecule has 1 saturated heterocycles. The smallest absolute Gasteiger partial charge is 0.193 e. The second-order valence-electron chi connectivity index (χ2n) is 6.63. The van der Waals surface area contributed by atoms with Crippen LogP contribution < -0.4 is 0 Å². The molecule has 4 rings (SSSR count). The van der Waals surface area contributed by atoms with Crippen LogP contribution >= 0.6 is 0 Å². The average Bonchev–Trinajstić information content (AvgIpc) is 3.22. The summed E-state index contributed by atoms with van der Waals surface area (Å²) < 4.78 is 5.64. The Morgan fingerprint density at radius 2 is 2.00 bits per heavy atom. The molecule has 1 spiro atoms. The first-order valence-electron chi connectivity index (χ1n) is 7.08. The summed E-state index contributed by atoms with van der Waals surface area (Å²) in [6, 6.07) is 0. The van der Waals surface area contributed by atoms with Gasteiger partial charge in [0.25, 0.3) is 0 Å². The summed E-state index contributed by atoms with van der Waals surface area (Å²) in [6.07, 6.45) is 9.85. The Balaban J connectivity index is 1.68. The quantitative estimate of drug-likeness (QED) is 0.651. The number of carbonyl (C=O) groups excluding carboxylic acids is 1. The second-order valence-corrected chi connectivity index (χ2v) is 6.63. The first kappa shape index (κ1) is 10.3. The maximum atomic E-state index is 12.7. The normalized spacial score (nSPS) is 48.9. The number of allylic oxidation sites excluding steroid dienone is 1. The predicted octanol–water partition coefficient (Wildman–Crippen LogP) is 2.87. The van der Waals surface area contributed by atoms with Crippen LogP contribution in [0.4, 0.5) is 0 Å². The summed E-state index contributed by atoms with van der Waals surface area (Å²) in [6.45, 7) is 2.92. The number of epoxide rings is 1. The number of ether oxygens (including phenoxy) is 1. The number of carbonyl (C=O) groups is 1. The Morgan fingerprint density at radius 3 is 2.65 bits per heavy atom. The van der Waals surface area contributed by atoms with E-state index in [1.165, 1.54) is 32.1 Å². The molecule has 0 bridgehead atoms. The van der Waals surface area contributed by atoms with Crippen LogP contribution in [0.15, 0.2) is 11.6 Å². The molecule has 4 aliphatic rings. The van der Waals surface area contributed by atoms with E-state index in [1.807, 2.05) is 0 Å². The largest absolute Gasteiger partial charge is 0.360 e. The maximum Gasteiger partial charge on any atom is 0.193 e. The Labute approximate surface area is 102 Å². The third kappa shape index (κ3) is 1.17. The van der Waals surface area contributed by atoms with Gasteiger partial charge < -0.3 is 4.74 Å². The highest BCUT2D eigenvalue weighted by molar-refractivity contribution is 6.06. The van der Waals surface area contributed by atoms with Crippen molar-refractivity contribution in [3.8, 4) is 0 Å². The van der Waals surface area contributed by atoms with Gasteiger partial charge in [-0.2, -0.15) is 0 Å². The molecule has 3 fully saturated rings. The van der Waals surface area contributed by atoms with Gasteiger partial charge in [0.1, 0.15) is 0 Å². The highest BCUT2D eigenvalue weighted by Crippen LogP contribution is 2.69. The third-order valence-electron chi connectivity index (χ3n) is 5.71. The molecule has 3 atom stereocenters. The van der Waals surface area contributed by atoms with Crippen LogP contribution in [-0.2, 0) is 9.53 Å². The third-order valence-corrected chi connectivity index (χ3v) is 5.71. The molecule has 92 valence electrons. The lowest BCUT2D eigenvalue weighted by Gasteiger charge is -2.31. The summed E-state index contributed by atoms with van der Waals surface area (Å²) in [5, 5.41) is 0. The SMILES string of the molecule is C[C@]12C[C@H]1C=C(C1CCCCC1)C(=O)[C@]21CO1. The van der Waals surface area contributed by atoms with E-state index in [1.54, 1.807) is 0 Å². The second kappa shape index (κ2) is 3.03. The van der Waals surface area contributed by atoms with E-state index in [2.05, 4.69) is 13.0 Å². The lowest BCUT2D eigenvalue weighted by molar-refractivity contribution is -0.124. The molecule has 17 heavy (non-hydrogen) atoms. The Bertz CT molecular complexity index is 413. The molecule has 2 heteroatoms. The van der Waals surface area contributed by atoms with Gasteiger partial charge >= 0.3 is 0 Å². The summed E-state index contributed by atoms with van der Waals surface area (Å²) >= 11 is 0. The summed E-state index contributed by atoms with van der Waals surface area (Å²) in [5.74, 6) is 1.52. The standard InChI is InChI=1S/C15H20O2/c1-14-8-11(14)7-12(10-5-3-2-4-6-10)13(16)15(14)9-17-15/h7,10-11H,2-6,8-9H2,1H3/t11-,14+,15-/m1/s1. The molecule has 2 saturated carbocycles. The summed E-state index contributed by atoms with van der Waals surface area (Å²) in [7, 11) is 0. The number of rotatable bonds is 1. The Hall–Kier alpha value is -0.630. The van der Waals surface area contributed by atoms with Crippen molar-refractivity contribution >= 4 is 5.78 Å². The van der Waals surface area contributed by atoms with Crippen molar-refractivity contribution in [2.24, 2.45) is 17.3 Å². The molecule has 3 aliphatic carbocycles. The summed E-state index contributed by atoms with van der Waals surface area (Å²) in [4.78, 5) is 12.7. The maximum absolute atomic E-state index is 12.7. The predicted molar refractivity (Wildman–Crippen MR) is 64.6 cm³/mol. The van der Waals surface area contributed by atoms with E-state index in [9.17, 15) is 4.79 Å². The molecule has 0 unspecified atom stereocenters. The molecule has 1 aliphatic heterocycles. The molecule has 1 heterocycles. The average molecular weight is 232 g/mol.